The van der Waals surface area contributed by atoms with Gasteiger partial charge in [-0.1, -0.05) is 6.07 Å². The van der Waals surface area contributed by atoms with E-state index in [0.717, 1.165) is 36.3 Å². The fourth-order valence-electron chi connectivity index (χ4n) is 3.91. The second-order valence-electron chi connectivity index (χ2n) is 7.37. The van der Waals surface area contributed by atoms with Crippen molar-refractivity contribution in [3.05, 3.63) is 54.2 Å². The van der Waals surface area contributed by atoms with Crippen LogP contribution in [-0.2, 0) is 9.47 Å². The first-order chi connectivity index (χ1) is 14.6. The number of pyridine rings is 1. The lowest BCUT2D eigenvalue weighted by molar-refractivity contribution is -0.169. The van der Waals surface area contributed by atoms with Crippen molar-refractivity contribution in [2.75, 3.05) is 36.9 Å². The minimum Gasteiger partial charge on any atom is -0.371 e. The molecule has 0 saturated carbocycles. The number of hydrogen-bond acceptors (Lipinski definition) is 8. The number of carbonyl (C=O) groups is 1. The van der Waals surface area contributed by atoms with Crippen molar-refractivity contribution in [2.24, 2.45) is 0 Å². The Hall–Kier alpha value is -3.30. The third-order valence-corrected chi connectivity index (χ3v) is 5.54. The van der Waals surface area contributed by atoms with Gasteiger partial charge < -0.3 is 20.1 Å². The van der Waals surface area contributed by atoms with Crippen molar-refractivity contribution in [3.8, 4) is 11.5 Å². The quantitative estimate of drug-likeness (QED) is 0.703. The van der Waals surface area contributed by atoms with Crippen molar-refractivity contribution in [3.63, 3.8) is 0 Å². The number of aromatic nitrogens is 4. The topological polar surface area (TPSA) is 108 Å². The summed E-state index contributed by atoms with van der Waals surface area (Å²) < 4.78 is 12.7. The van der Waals surface area contributed by atoms with Gasteiger partial charge in [-0.05, 0) is 36.4 Å². The van der Waals surface area contributed by atoms with Gasteiger partial charge in [0, 0.05) is 43.4 Å². The molecule has 0 amide bonds. The van der Waals surface area contributed by atoms with E-state index in [9.17, 15) is 4.79 Å². The van der Waals surface area contributed by atoms with Crippen LogP contribution in [0.15, 0.2) is 48.7 Å². The Labute approximate surface area is 173 Å². The molecular weight excluding hydrogens is 384 g/mol. The van der Waals surface area contributed by atoms with Gasteiger partial charge in [0.25, 0.3) is 5.91 Å². The number of anilines is 2. The monoisotopic (exact) mass is 406 g/mol. The normalized spacial score (nSPS) is 18.1. The third-order valence-electron chi connectivity index (χ3n) is 5.54. The molecule has 1 spiro atoms. The molecule has 5 rings (SSSR count). The first-order valence-electron chi connectivity index (χ1n) is 9.95. The number of nitrogen functional groups attached to an aromatic ring is 1. The summed E-state index contributed by atoms with van der Waals surface area (Å²) in [5, 5.41) is 4.24. The largest absolute Gasteiger partial charge is 0.371 e. The molecule has 154 valence electrons. The maximum atomic E-state index is 12.9. The second kappa shape index (κ2) is 7.51. The zero-order valence-corrected chi connectivity index (χ0v) is 16.4. The van der Waals surface area contributed by atoms with Gasteiger partial charge in [-0.3, -0.25) is 9.78 Å². The van der Waals surface area contributed by atoms with Gasteiger partial charge in [-0.2, -0.15) is 9.67 Å². The summed E-state index contributed by atoms with van der Waals surface area (Å²) in [4.78, 5) is 23.5. The molecular formula is C21H22N6O3. The average Bonchev–Trinajstić information content (AvgIpc) is 3.41. The molecule has 0 unspecified atom stereocenters. The van der Waals surface area contributed by atoms with Gasteiger partial charge in [-0.25, -0.2) is 0 Å². The van der Waals surface area contributed by atoms with Gasteiger partial charge in [0.2, 0.25) is 11.8 Å². The molecule has 2 saturated heterocycles. The minimum absolute atomic E-state index is 0.0302. The first kappa shape index (κ1) is 18.7. The van der Waals surface area contributed by atoms with E-state index in [0.29, 0.717) is 30.3 Å². The van der Waals surface area contributed by atoms with Gasteiger partial charge in [0.05, 0.1) is 13.2 Å². The van der Waals surface area contributed by atoms with E-state index in [1.807, 2.05) is 18.2 Å². The minimum atomic E-state index is -0.400. The average molecular weight is 406 g/mol. The van der Waals surface area contributed by atoms with Crippen LogP contribution >= 0.6 is 0 Å². The molecule has 9 nitrogen and oxygen atoms in total. The Bertz CT molecular complexity index is 1030. The maximum absolute atomic E-state index is 12.9. The number of piperidine rings is 1. The fourth-order valence-corrected chi connectivity index (χ4v) is 3.91. The standard InChI is InChI=1S/C21H22N6O3/c22-20-24-18(17-3-1-2-10-23-17)25-27(20)19(28)15-4-6-16(7-5-15)26-11-8-21(9-12-26)29-13-14-30-21/h1-7,10H,8-9,11-14H2,(H2,22,24,25). The van der Waals surface area contributed by atoms with Crippen molar-refractivity contribution in [1.29, 1.82) is 0 Å². The van der Waals surface area contributed by atoms with E-state index in [1.165, 1.54) is 0 Å². The first-order valence-corrected chi connectivity index (χ1v) is 9.95. The summed E-state index contributed by atoms with van der Waals surface area (Å²) in [5.74, 6) is -0.388. The molecule has 4 heterocycles. The van der Waals surface area contributed by atoms with Crippen molar-refractivity contribution >= 4 is 17.5 Å². The van der Waals surface area contributed by atoms with E-state index in [2.05, 4.69) is 20.0 Å². The second-order valence-corrected chi connectivity index (χ2v) is 7.37. The molecule has 9 heteroatoms. The van der Waals surface area contributed by atoms with Crippen molar-refractivity contribution in [1.82, 2.24) is 19.7 Å². The number of ether oxygens (including phenoxy) is 2. The van der Waals surface area contributed by atoms with E-state index >= 15 is 0 Å². The summed E-state index contributed by atoms with van der Waals surface area (Å²) in [7, 11) is 0. The van der Waals surface area contributed by atoms with E-state index < -0.39 is 5.79 Å². The Kier molecular flexibility index (Phi) is 4.68. The number of rotatable bonds is 3. The van der Waals surface area contributed by atoms with Crippen LogP contribution in [0.3, 0.4) is 0 Å². The maximum Gasteiger partial charge on any atom is 0.281 e. The van der Waals surface area contributed by atoms with Crippen molar-refractivity contribution < 1.29 is 14.3 Å². The lowest BCUT2D eigenvalue weighted by Crippen LogP contribution is -2.45. The Balaban J connectivity index is 1.30. The number of nitrogens with zero attached hydrogens (tertiary/aromatic N) is 5. The predicted octanol–water partition coefficient (Wildman–Crippen LogP) is 1.95. The highest BCUT2D eigenvalue weighted by atomic mass is 16.7. The summed E-state index contributed by atoms with van der Waals surface area (Å²) in [6, 6.07) is 12.8. The fraction of sp³-hybridized carbons (Fsp3) is 0.333. The number of hydrogen-bond donors (Lipinski definition) is 1. The van der Waals surface area contributed by atoms with E-state index in [1.54, 1.807) is 30.5 Å². The highest BCUT2D eigenvalue weighted by molar-refractivity contribution is 5.97. The SMILES string of the molecule is Nc1nc(-c2ccccn2)nn1C(=O)c1ccc(N2CCC3(CC2)OCCO3)cc1. The van der Waals surface area contributed by atoms with Gasteiger partial charge in [0.1, 0.15) is 5.69 Å². The van der Waals surface area contributed by atoms with Gasteiger partial charge in [-0.15, -0.1) is 5.10 Å². The third kappa shape index (κ3) is 3.42. The summed E-state index contributed by atoms with van der Waals surface area (Å²) in [5.41, 5.74) is 8.03. The van der Waals surface area contributed by atoms with Crippen molar-refractivity contribution in [2.45, 2.75) is 18.6 Å². The highest BCUT2D eigenvalue weighted by Crippen LogP contribution is 2.33. The number of carbonyl (C=O) groups excluding carboxylic acids is 1. The van der Waals surface area contributed by atoms with Crippen LogP contribution in [-0.4, -0.2) is 57.7 Å². The summed E-state index contributed by atoms with van der Waals surface area (Å²) in [6.45, 7) is 3.03. The predicted molar refractivity (Wildman–Crippen MR) is 110 cm³/mol. The van der Waals surface area contributed by atoms with Crippen LogP contribution in [0.1, 0.15) is 23.2 Å². The molecule has 2 aliphatic rings. The van der Waals surface area contributed by atoms with Gasteiger partial charge >= 0.3 is 0 Å². The smallest absolute Gasteiger partial charge is 0.281 e. The Morgan fingerprint density at radius 3 is 2.43 bits per heavy atom. The zero-order chi connectivity index (χ0) is 20.6. The molecule has 0 bridgehead atoms. The number of nitrogens with two attached hydrogens (primary N) is 1. The van der Waals surface area contributed by atoms with Crippen LogP contribution < -0.4 is 10.6 Å². The van der Waals surface area contributed by atoms with Crippen LogP contribution in [0.2, 0.25) is 0 Å². The number of benzene rings is 1. The summed E-state index contributed by atoms with van der Waals surface area (Å²) in [6.07, 6.45) is 3.30. The van der Waals surface area contributed by atoms with E-state index in [-0.39, 0.29) is 11.9 Å². The molecule has 2 aliphatic heterocycles. The molecule has 30 heavy (non-hydrogen) atoms. The lowest BCUT2D eigenvalue weighted by Gasteiger charge is -2.38. The molecule has 3 aromatic rings. The summed E-state index contributed by atoms with van der Waals surface area (Å²) >= 11 is 0. The molecule has 1 aromatic carbocycles. The lowest BCUT2D eigenvalue weighted by atomic mass is 10.0. The molecule has 0 radical (unpaired) electrons. The zero-order valence-electron chi connectivity index (χ0n) is 16.4. The van der Waals surface area contributed by atoms with Crippen LogP contribution in [0.4, 0.5) is 11.6 Å². The Morgan fingerprint density at radius 1 is 1.03 bits per heavy atom. The molecule has 0 atom stereocenters. The molecule has 2 fully saturated rings. The van der Waals surface area contributed by atoms with Crippen LogP contribution in [0.25, 0.3) is 11.5 Å². The van der Waals surface area contributed by atoms with E-state index in [4.69, 9.17) is 15.2 Å². The molecule has 0 aliphatic carbocycles. The molecule has 2 aromatic heterocycles. The van der Waals surface area contributed by atoms with Gasteiger partial charge in [0.15, 0.2) is 5.79 Å². The van der Waals surface area contributed by atoms with Crippen LogP contribution in [0, 0.1) is 0 Å². The van der Waals surface area contributed by atoms with Crippen LogP contribution in [0.5, 0.6) is 0 Å². The molecule has 2 N–H and O–H groups in total. The Morgan fingerprint density at radius 2 is 1.77 bits per heavy atom. The highest BCUT2D eigenvalue weighted by Gasteiger charge is 2.39.